The summed E-state index contributed by atoms with van der Waals surface area (Å²) in [5.41, 5.74) is 1.32. The van der Waals surface area contributed by atoms with Crippen molar-refractivity contribution in [2.75, 3.05) is 13.7 Å². The second-order valence-electron chi connectivity index (χ2n) is 3.42. The van der Waals surface area contributed by atoms with Crippen molar-refractivity contribution in [2.24, 2.45) is 0 Å². The Morgan fingerprint density at radius 3 is 3.00 bits per heavy atom. The maximum atomic E-state index is 11.4. The molecule has 1 aliphatic heterocycles. The van der Waals surface area contributed by atoms with Gasteiger partial charge in [0, 0.05) is 0 Å². The molecule has 1 aliphatic rings. The highest BCUT2D eigenvalue weighted by Gasteiger charge is 2.16. The molecule has 1 aromatic carbocycles. The Bertz CT molecular complexity index is 452. The molecule has 0 radical (unpaired) electrons. The SMILES string of the molecule is COC(=O)c1cc2c(cc1Cl)OCC=CC2. The van der Waals surface area contributed by atoms with Crippen molar-refractivity contribution >= 4 is 17.6 Å². The Balaban J connectivity index is 2.46. The van der Waals surface area contributed by atoms with Crippen LogP contribution < -0.4 is 4.74 Å². The summed E-state index contributed by atoms with van der Waals surface area (Å²) < 4.78 is 10.1. The van der Waals surface area contributed by atoms with Crippen LogP contribution >= 0.6 is 11.6 Å². The fraction of sp³-hybridized carbons (Fsp3) is 0.250. The number of benzene rings is 1. The third-order valence-electron chi connectivity index (χ3n) is 2.39. The number of rotatable bonds is 1. The van der Waals surface area contributed by atoms with E-state index in [0.29, 0.717) is 17.2 Å². The van der Waals surface area contributed by atoms with Gasteiger partial charge in [0.25, 0.3) is 0 Å². The predicted octanol–water partition coefficient (Wildman–Crippen LogP) is 2.62. The Morgan fingerprint density at radius 1 is 1.44 bits per heavy atom. The molecular formula is C12H11ClO3. The maximum Gasteiger partial charge on any atom is 0.339 e. The fourth-order valence-corrected chi connectivity index (χ4v) is 1.81. The zero-order chi connectivity index (χ0) is 11.5. The number of allylic oxidation sites excluding steroid dienone is 1. The Hall–Kier alpha value is -1.48. The average molecular weight is 239 g/mol. The van der Waals surface area contributed by atoms with Crippen molar-refractivity contribution < 1.29 is 14.3 Å². The first-order valence-corrected chi connectivity index (χ1v) is 5.28. The molecule has 1 aromatic rings. The van der Waals surface area contributed by atoms with Gasteiger partial charge in [-0.3, -0.25) is 0 Å². The smallest absolute Gasteiger partial charge is 0.339 e. The van der Waals surface area contributed by atoms with E-state index in [4.69, 9.17) is 16.3 Å². The number of esters is 1. The Morgan fingerprint density at radius 2 is 2.25 bits per heavy atom. The minimum atomic E-state index is -0.430. The first-order valence-electron chi connectivity index (χ1n) is 4.91. The minimum Gasteiger partial charge on any atom is -0.489 e. The molecule has 0 fully saturated rings. The van der Waals surface area contributed by atoms with Crippen LogP contribution in [0.3, 0.4) is 0 Å². The molecule has 2 rings (SSSR count). The van der Waals surface area contributed by atoms with Gasteiger partial charge >= 0.3 is 5.97 Å². The predicted molar refractivity (Wildman–Crippen MR) is 61.1 cm³/mol. The normalized spacial score (nSPS) is 13.6. The molecule has 0 aromatic heterocycles. The molecule has 0 bridgehead atoms. The summed E-state index contributed by atoms with van der Waals surface area (Å²) in [4.78, 5) is 11.4. The first-order chi connectivity index (χ1) is 7.72. The van der Waals surface area contributed by atoms with Crippen LogP contribution in [0.4, 0.5) is 0 Å². The molecule has 0 spiro atoms. The second kappa shape index (κ2) is 4.58. The van der Waals surface area contributed by atoms with Crippen molar-refractivity contribution in [1.29, 1.82) is 0 Å². The zero-order valence-electron chi connectivity index (χ0n) is 8.83. The van der Waals surface area contributed by atoms with E-state index < -0.39 is 5.97 Å². The molecule has 16 heavy (non-hydrogen) atoms. The third kappa shape index (κ3) is 2.04. The lowest BCUT2D eigenvalue weighted by Crippen LogP contribution is -2.04. The highest BCUT2D eigenvalue weighted by atomic mass is 35.5. The second-order valence-corrected chi connectivity index (χ2v) is 3.83. The Labute approximate surface area is 98.6 Å². The monoisotopic (exact) mass is 238 g/mol. The summed E-state index contributed by atoms with van der Waals surface area (Å²) in [6, 6.07) is 3.38. The first kappa shape index (κ1) is 11.0. The zero-order valence-corrected chi connectivity index (χ0v) is 9.58. The van der Waals surface area contributed by atoms with Gasteiger partial charge in [0.1, 0.15) is 12.4 Å². The van der Waals surface area contributed by atoms with Gasteiger partial charge in [0.2, 0.25) is 0 Å². The van der Waals surface area contributed by atoms with Crippen LogP contribution in [-0.2, 0) is 11.2 Å². The molecule has 0 aliphatic carbocycles. The highest BCUT2D eigenvalue weighted by molar-refractivity contribution is 6.33. The van der Waals surface area contributed by atoms with Crippen LogP contribution in [0.15, 0.2) is 24.3 Å². The van der Waals surface area contributed by atoms with Crippen LogP contribution in [0.5, 0.6) is 5.75 Å². The van der Waals surface area contributed by atoms with Crippen LogP contribution in [0.25, 0.3) is 0 Å². The summed E-state index contributed by atoms with van der Waals surface area (Å²) in [5.74, 6) is 0.295. The van der Waals surface area contributed by atoms with Gasteiger partial charge in [-0.05, 0) is 24.1 Å². The van der Waals surface area contributed by atoms with E-state index in [1.165, 1.54) is 7.11 Å². The number of carbonyl (C=O) groups is 1. The number of methoxy groups -OCH3 is 1. The van der Waals surface area contributed by atoms with Crippen molar-refractivity contribution in [3.8, 4) is 5.75 Å². The van der Waals surface area contributed by atoms with E-state index >= 15 is 0 Å². The molecule has 0 atom stereocenters. The van der Waals surface area contributed by atoms with Gasteiger partial charge in [-0.25, -0.2) is 4.79 Å². The van der Waals surface area contributed by atoms with E-state index in [0.717, 1.165) is 17.7 Å². The molecule has 1 heterocycles. The van der Waals surface area contributed by atoms with Gasteiger partial charge in [0.15, 0.2) is 0 Å². The summed E-state index contributed by atoms with van der Waals surface area (Å²) in [5, 5.41) is 0.354. The molecular weight excluding hydrogens is 228 g/mol. The number of carbonyl (C=O) groups excluding carboxylic acids is 1. The number of hydrogen-bond acceptors (Lipinski definition) is 3. The van der Waals surface area contributed by atoms with Crippen LogP contribution in [0.2, 0.25) is 5.02 Å². The fourth-order valence-electron chi connectivity index (χ4n) is 1.58. The van der Waals surface area contributed by atoms with E-state index in [9.17, 15) is 4.79 Å². The quantitative estimate of drug-likeness (QED) is 0.557. The van der Waals surface area contributed by atoms with E-state index in [1.807, 2.05) is 12.2 Å². The van der Waals surface area contributed by atoms with E-state index in [1.54, 1.807) is 12.1 Å². The number of fused-ring (bicyclic) bond motifs is 1. The lowest BCUT2D eigenvalue weighted by Gasteiger charge is -2.10. The van der Waals surface area contributed by atoms with Gasteiger partial charge in [-0.15, -0.1) is 0 Å². The molecule has 0 saturated heterocycles. The standard InChI is InChI=1S/C12H11ClO3/c1-15-12(14)9-6-8-4-2-3-5-16-11(8)7-10(9)13/h2-3,6-7H,4-5H2,1H3. The van der Waals surface area contributed by atoms with Gasteiger partial charge in [0.05, 0.1) is 17.7 Å². The van der Waals surface area contributed by atoms with Crippen molar-refractivity contribution in [3.05, 3.63) is 40.4 Å². The third-order valence-corrected chi connectivity index (χ3v) is 2.71. The summed E-state index contributed by atoms with van der Waals surface area (Å²) >= 11 is 5.99. The minimum absolute atomic E-state index is 0.354. The lowest BCUT2D eigenvalue weighted by atomic mass is 10.1. The van der Waals surface area contributed by atoms with Crippen LogP contribution in [0.1, 0.15) is 15.9 Å². The van der Waals surface area contributed by atoms with Crippen molar-refractivity contribution in [2.45, 2.75) is 6.42 Å². The van der Waals surface area contributed by atoms with Gasteiger partial charge in [-0.2, -0.15) is 0 Å². The van der Waals surface area contributed by atoms with Crippen LogP contribution in [0, 0.1) is 0 Å². The summed E-state index contributed by atoms with van der Waals surface area (Å²) in [6.07, 6.45) is 4.67. The van der Waals surface area contributed by atoms with Crippen molar-refractivity contribution in [1.82, 2.24) is 0 Å². The highest BCUT2D eigenvalue weighted by Crippen LogP contribution is 2.29. The van der Waals surface area contributed by atoms with E-state index in [2.05, 4.69) is 4.74 Å². The molecule has 4 heteroatoms. The van der Waals surface area contributed by atoms with E-state index in [-0.39, 0.29) is 0 Å². The number of halogens is 1. The number of hydrogen-bond donors (Lipinski definition) is 0. The molecule has 0 N–H and O–H groups in total. The Kier molecular flexibility index (Phi) is 3.15. The van der Waals surface area contributed by atoms with Crippen LogP contribution in [-0.4, -0.2) is 19.7 Å². The molecule has 3 nitrogen and oxygen atoms in total. The topological polar surface area (TPSA) is 35.5 Å². The summed E-state index contributed by atoms with van der Waals surface area (Å²) in [6.45, 7) is 0.529. The maximum absolute atomic E-state index is 11.4. The molecule has 0 saturated carbocycles. The molecule has 0 amide bonds. The average Bonchev–Trinajstić information content (AvgIpc) is 2.51. The molecule has 84 valence electrons. The number of ether oxygens (including phenoxy) is 2. The van der Waals surface area contributed by atoms with Gasteiger partial charge in [-0.1, -0.05) is 23.8 Å². The summed E-state index contributed by atoms with van der Waals surface area (Å²) in [7, 11) is 1.33. The molecule has 0 unspecified atom stereocenters. The van der Waals surface area contributed by atoms with Gasteiger partial charge < -0.3 is 9.47 Å². The lowest BCUT2D eigenvalue weighted by molar-refractivity contribution is 0.0601. The van der Waals surface area contributed by atoms with Crippen molar-refractivity contribution in [3.63, 3.8) is 0 Å². The largest absolute Gasteiger partial charge is 0.489 e.